The first-order valence-corrected chi connectivity index (χ1v) is 10.8. The Morgan fingerprint density at radius 1 is 1.16 bits per heavy atom. The number of carbonyl (C=O) groups excluding carboxylic acids is 1. The second kappa shape index (κ2) is 7.47. The third kappa shape index (κ3) is 4.04. The summed E-state index contributed by atoms with van der Waals surface area (Å²) < 4.78 is 5.63. The second-order valence-corrected chi connectivity index (χ2v) is 8.83. The molecule has 4 heterocycles. The first-order chi connectivity index (χ1) is 14.9. The third-order valence-corrected chi connectivity index (χ3v) is 6.13. The van der Waals surface area contributed by atoms with Gasteiger partial charge in [-0.1, -0.05) is 0 Å². The molecule has 0 spiro atoms. The number of hydrogen-bond acceptors (Lipinski definition) is 8. The van der Waals surface area contributed by atoms with Crippen molar-refractivity contribution in [1.82, 2.24) is 25.3 Å². The van der Waals surface area contributed by atoms with Gasteiger partial charge in [-0.25, -0.2) is 15.0 Å². The molecule has 0 bridgehead atoms. The van der Waals surface area contributed by atoms with Gasteiger partial charge in [0.05, 0.1) is 10.9 Å². The Morgan fingerprint density at radius 2 is 1.94 bits per heavy atom. The lowest BCUT2D eigenvalue weighted by Crippen LogP contribution is -2.45. The fraction of sp³-hybridized carbons (Fsp3) is 0.500. The van der Waals surface area contributed by atoms with Crippen LogP contribution in [0, 0.1) is 13.8 Å². The number of nitrogens with one attached hydrogen (secondary N) is 2. The van der Waals surface area contributed by atoms with Gasteiger partial charge in [0.15, 0.2) is 0 Å². The van der Waals surface area contributed by atoms with Crippen LogP contribution in [0.2, 0.25) is 0 Å². The van der Waals surface area contributed by atoms with Crippen molar-refractivity contribution in [3.8, 4) is 0 Å². The van der Waals surface area contributed by atoms with Crippen molar-refractivity contribution < 1.29 is 9.21 Å². The number of nitrogens with zero attached hydrogens (tertiary/aromatic N) is 5. The SMILES string of the molecule is Cc1nccc(N2CCC(NC(=O)c3coc4nc(C)nc(NC5(C)CC5)c34)CC2)n1. The van der Waals surface area contributed by atoms with Crippen LogP contribution in [0.15, 0.2) is 22.9 Å². The number of carbonyl (C=O) groups is 1. The number of fused-ring (bicyclic) bond motifs is 1. The lowest BCUT2D eigenvalue weighted by atomic mass is 10.0. The Bertz CT molecular complexity index is 1130. The van der Waals surface area contributed by atoms with Gasteiger partial charge in [-0.2, -0.15) is 4.98 Å². The predicted octanol–water partition coefficient (Wildman–Crippen LogP) is 2.99. The quantitative estimate of drug-likeness (QED) is 0.647. The summed E-state index contributed by atoms with van der Waals surface area (Å²) in [6, 6.07) is 2.03. The van der Waals surface area contributed by atoms with E-state index in [2.05, 4.69) is 42.4 Å². The summed E-state index contributed by atoms with van der Waals surface area (Å²) >= 11 is 0. The smallest absolute Gasteiger partial charge is 0.255 e. The highest BCUT2D eigenvalue weighted by molar-refractivity contribution is 6.09. The molecule has 5 rings (SSSR count). The highest BCUT2D eigenvalue weighted by Gasteiger charge is 2.38. The molecule has 1 aliphatic carbocycles. The standard InChI is InChI=1S/C22H27N7O2/c1-13-23-9-4-17(24-13)29-10-5-15(6-11-29)27-20(30)16-12-31-21-18(16)19(25-14(2)26-21)28-22(3)7-8-22/h4,9,12,15H,5-8,10-11H2,1-3H3,(H,27,30)(H,25,26,28). The molecule has 9 nitrogen and oxygen atoms in total. The van der Waals surface area contributed by atoms with E-state index in [0.29, 0.717) is 28.3 Å². The molecule has 31 heavy (non-hydrogen) atoms. The van der Waals surface area contributed by atoms with Gasteiger partial charge < -0.3 is 20.0 Å². The van der Waals surface area contributed by atoms with Crippen molar-refractivity contribution in [2.45, 2.75) is 58.0 Å². The molecule has 162 valence electrons. The topological polar surface area (TPSA) is 109 Å². The predicted molar refractivity (Wildman–Crippen MR) is 117 cm³/mol. The van der Waals surface area contributed by atoms with E-state index in [1.165, 1.54) is 6.26 Å². The number of piperidine rings is 1. The summed E-state index contributed by atoms with van der Waals surface area (Å²) in [6.07, 6.45) is 7.15. The molecule has 0 radical (unpaired) electrons. The summed E-state index contributed by atoms with van der Waals surface area (Å²) in [4.78, 5) is 32.9. The first kappa shape index (κ1) is 19.7. The van der Waals surface area contributed by atoms with Gasteiger partial charge in [0.2, 0.25) is 5.71 Å². The van der Waals surface area contributed by atoms with Crippen LogP contribution in [-0.2, 0) is 0 Å². The lowest BCUT2D eigenvalue weighted by Gasteiger charge is -2.33. The van der Waals surface area contributed by atoms with Crippen LogP contribution in [0.5, 0.6) is 0 Å². The fourth-order valence-electron chi connectivity index (χ4n) is 4.04. The number of hydrogen-bond donors (Lipinski definition) is 2. The van der Waals surface area contributed by atoms with Gasteiger partial charge in [-0.05, 0) is 52.5 Å². The zero-order chi connectivity index (χ0) is 21.6. The molecule has 0 atom stereocenters. The zero-order valence-electron chi connectivity index (χ0n) is 18.1. The summed E-state index contributed by atoms with van der Waals surface area (Å²) in [5.74, 6) is 2.85. The monoisotopic (exact) mass is 421 g/mol. The molecule has 3 aromatic heterocycles. The lowest BCUT2D eigenvalue weighted by molar-refractivity contribution is 0.0932. The minimum atomic E-state index is -0.147. The van der Waals surface area contributed by atoms with Gasteiger partial charge in [-0.15, -0.1) is 0 Å². The summed E-state index contributed by atoms with van der Waals surface area (Å²) in [5, 5.41) is 7.31. The average molecular weight is 422 g/mol. The van der Waals surface area contributed by atoms with Crippen LogP contribution >= 0.6 is 0 Å². The van der Waals surface area contributed by atoms with Gasteiger partial charge >= 0.3 is 0 Å². The van der Waals surface area contributed by atoms with Crippen LogP contribution in [0.1, 0.15) is 54.6 Å². The van der Waals surface area contributed by atoms with E-state index in [1.54, 1.807) is 6.20 Å². The maximum Gasteiger partial charge on any atom is 0.255 e. The Kier molecular flexibility index (Phi) is 4.75. The molecular formula is C22H27N7O2. The van der Waals surface area contributed by atoms with Crippen LogP contribution < -0.4 is 15.5 Å². The Morgan fingerprint density at radius 3 is 2.65 bits per heavy atom. The molecule has 1 saturated heterocycles. The van der Waals surface area contributed by atoms with Gasteiger partial charge in [0.1, 0.15) is 29.5 Å². The molecule has 0 unspecified atom stereocenters. The minimum absolute atomic E-state index is 0.0327. The molecular weight excluding hydrogens is 394 g/mol. The number of amides is 1. The summed E-state index contributed by atoms with van der Waals surface area (Å²) in [5.41, 5.74) is 0.958. The summed E-state index contributed by atoms with van der Waals surface area (Å²) in [7, 11) is 0. The fourth-order valence-corrected chi connectivity index (χ4v) is 4.04. The number of aromatic nitrogens is 4. The maximum absolute atomic E-state index is 13.1. The van der Waals surface area contributed by atoms with E-state index in [-0.39, 0.29) is 17.5 Å². The van der Waals surface area contributed by atoms with E-state index in [4.69, 9.17) is 4.42 Å². The average Bonchev–Trinajstić information content (AvgIpc) is 3.30. The Balaban J connectivity index is 1.30. The molecule has 2 aliphatic rings. The Hall–Kier alpha value is -3.23. The number of aryl methyl sites for hydroxylation is 2. The zero-order valence-corrected chi connectivity index (χ0v) is 18.1. The van der Waals surface area contributed by atoms with Crippen LogP contribution in [0.4, 0.5) is 11.6 Å². The normalized spacial score (nSPS) is 18.2. The van der Waals surface area contributed by atoms with E-state index < -0.39 is 0 Å². The van der Waals surface area contributed by atoms with Crippen molar-refractivity contribution in [3.05, 3.63) is 35.7 Å². The van der Waals surface area contributed by atoms with E-state index in [9.17, 15) is 4.79 Å². The Labute approximate surface area is 180 Å². The van der Waals surface area contributed by atoms with Crippen molar-refractivity contribution in [3.63, 3.8) is 0 Å². The molecule has 1 amide bonds. The molecule has 9 heteroatoms. The van der Waals surface area contributed by atoms with Crippen molar-refractivity contribution in [2.75, 3.05) is 23.3 Å². The molecule has 1 aliphatic heterocycles. The molecule has 2 N–H and O–H groups in total. The van der Waals surface area contributed by atoms with Crippen LogP contribution in [0.3, 0.4) is 0 Å². The van der Waals surface area contributed by atoms with E-state index >= 15 is 0 Å². The second-order valence-electron chi connectivity index (χ2n) is 8.83. The van der Waals surface area contributed by atoms with Crippen molar-refractivity contribution >= 4 is 28.6 Å². The maximum atomic E-state index is 13.1. The summed E-state index contributed by atoms with van der Waals surface area (Å²) in [6.45, 7) is 7.55. The highest BCUT2D eigenvalue weighted by Crippen LogP contribution is 2.40. The van der Waals surface area contributed by atoms with Gasteiger partial charge in [0, 0.05) is 30.9 Å². The molecule has 1 saturated carbocycles. The first-order valence-electron chi connectivity index (χ1n) is 10.8. The third-order valence-electron chi connectivity index (χ3n) is 6.13. The highest BCUT2D eigenvalue weighted by atomic mass is 16.3. The van der Waals surface area contributed by atoms with Gasteiger partial charge in [0.25, 0.3) is 5.91 Å². The van der Waals surface area contributed by atoms with Crippen molar-refractivity contribution in [2.24, 2.45) is 0 Å². The van der Waals surface area contributed by atoms with E-state index in [1.807, 2.05) is 19.9 Å². The largest absolute Gasteiger partial charge is 0.445 e. The van der Waals surface area contributed by atoms with Crippen LogP contribution in [0.25, 0.3) is 11.1 Å². The minimum Gasteiger partial charge on any atom is -0.445 e. The van der Waals surface area contributed by atoms with Crippen molar-refractivity contribution in [1.29, 1.82) is 0 Å². The number of furan rings is 1. The van der Waals surface area contributed by atoms with E-state index in [0.717, 1.165) is 50.4 Å². The number of rotatable bonds is 5. The van der Waals surface area contributed by atoms with Crippen LogP contribution in [-0.4, -0.2) is 50.5 Å². The molecule has 3 aromatic rings. The van der Waals surface area contributed by atoms with Gasteiger partial charge in [-0.3, -0.25) is 4.79 Å². The number of anilines is 2. The molecule has 2 fully saturated rings. The molecule has 0 aromatic carbocycles.